The van der Waals surface area contributed by atoms with Gasteiger partial charge in [-0.05, 0) is 25.3 Å². The van der Waals surface area contributed by atoms with Crippen molar-refractivity contribution in [3.05, 3.63) is 40.3 Å². The molecule has 1 heterocycles. The fourth-order valence-corrected chi connectivity index (χ4v) is 3.39. The van der Waals surface area contributed by atoms with Crippen LogP contribution in [0.3, 0.4) is 0 Å². The summed E-state index contributed by atoms with van der Waals surface area (Å²) < 4.78 is 0. The van der Waals surface area contributed by atoms with Crippen molar-refractivity contribution in [2.75, 3.05) is 11.6 Å². The predicted octanol–water partition coefficient (Wildman–Crippen LogP) is 3.67. The molecule has 2 aromatic rings. The molecule has 0 fully saturated rings. The van der Waals surface area contributed by atoms with Gasteiger partial charge in [0, 0.05) is 27.7 Å². The number of hydrogen-bond donors (Lipinski definition) is 2. The zero-order valence-electron chi connectivity index (χ0n) is 10.7. The Hall–Kier alpha value is -1.11. The molecule has 0 radical (unpaired) electrons. The molecule has 3 N–H and O–H groups in total. The van der Waals surface area contributed by atoms with Gasteiger partial charge in [0.15, 0.2) is 0 Å². The van der Waals surface area contributed by atoms with Crippen LogP contribution in [-0.2, 0) is 0 Å². The van der Waals surface area contributed by atoms with Crippen LogP contribution in [0.15, 0.2) is 34.7 Å². The average molecular weight is 309 g/mol. The smallest absolute Gasteiger partial charge is 0.115 e. The number of nitrogens with zero attached hydrogens (tertiary/aromatic N) is 1. The fraction of sp³-hybridized carbons (Fsp3) is 0.231. The second kappa shape index (κ2) is 6.36. The third-order valence-corrected chi connectivity index (χ3v) is 4.63. The minimum Gasteiger partial charge on any atom is -0.389 e. The molecule has 1 atom stereocenters. The molecule has 0 spiro atoms. The van der Waals surface area contributed by atoms with Crippen LogP contribution in [0.2, 0.25) is 0 Å². The minimum atomic E-state index is 0.130. The molecule has 6 heteroatoms. The van der Waals surface area contributed by atoms with Crippen LogP contribution in [0.4, 0.5) is 5.69 Å². The molecule has 100 valence electrons. The van der Waals surface area contributed by atoms with Crippen molar-refractivity contribution in [1.82, 2.24) is 4.98 Å². The molecule has 0 aliphatic heterocycles. The molecule has 1 aromatic heterocycles. The lowest BCUT2D eigenvalue weighted by atomic mass is 10.1. The fourth-order valence-electron chi connectivity index (χ4n) is 1.82. The quantitative estimate of drug-likeness (QED) is 0.652. The minimum absolute atomic E-state index is 0.130. The molecular formula is C13H15N3S3. The number of rotatable bonds is 5. The van der Waals surface area contributed by atoms with E-state index in [0.717, 1.165) is 21.2 Å². The van der Waals surface area contributed by atoms with E-state index in [2.05, 4.69) is 17.2 Å². The summed E-state index contributed by atoms with van der Waals surface area (Å²) in [5.41, 5.74) is 7.72. The second-order valence-electron chi connectivity index (χ2n) is 3.98. The Bertz CT molecular complexity index is 567. The summed E-state index contributed by atoms with van der Waals surface area (Å²) >= 11 is 8.44. The second-order valence-corrected chi connectivity index (χ2v) is 6.20. The Labute approximate surface area is 126 Å². The number of thiazole rings is 1. The largest absolute Gasteiger partial charge is 0.389 e. The van der Waals surface area contributed by atoms with Gasteiger partial charge in [-0.15, -0.1) is 23.1 Å². The van der Waals surface area contributed by atoms with Crippen molar-refractivity contribution in [2.24, 2.45) is 5.73 Å². The Morgan fingerprint density at radius 2 is 2.32 bits per heavy atom. The van der Waals surface area contributed by atoms with E-state index in [0.29, 0.717) is 4.99 Å². The van der Waals surface area contributed by atoms with Gasteiger partial charge in [0.05, 0.1) is 6.04 Å². The zero-order valence-corrected chi connectivity index (χ0v) is 13.2. The van der Waals surface area contributed by atoms with Crippen molar-refractivity contribution in [3.63, 3.8) is 0 Å². The molecule has 0 bridgehead atoms. The van der Waals surface area contributed by atoms with Crippen molar-refractivity contribution < 1.29 is 0 Å². The van der Waals surface area contributed by atoms with Crippen molar-refractivity contribution in [1.29, 1.82) is 0 Å². The topological polar surface area (TPSA) is 50.9 Å². The number of nitrogens with two attached hydrogens (primary N) is 1. The van der Waals surface area contributed by atoms with E-state index in [-0.39, 0.29) is 6.04 Å². The van der Waals surface area contributed by atoms with Crippen LogP contribution in [0, 0.1) is 0 Å². The van der Waals surface area contributed by atoms with Gasteiger partial charge in [-0.25, -0.2) is 4.98 Å². The molecule has 3 nitrogen and oxygen atoms in total. The van der Waals surface area contributed by atoms with E-state index in [1.807, 2.05) is 36.0 Å². The van der Waals surface area contributed by atoms with Gasteiger partial charge in [-0.2, -0.15) is 0 Å². The molecule has 1 unspecified atom stereocenters. The highest BCUT2D eigenvalue weighted by Gasteiger charge is 2.14. The van der Waals surface area contributed by atoms with E-state index in [4.69, 9.17) is 18.0 Å². The summed E-state index contributed by atoms with van der Waals surface area (Å²) in [4.78, 5) is 5.82. The first-order valence-corrected chi connectivity index (χ1v) is 8.27. The maximum atomic E-state index is 5.85. The van der Waals surface area contributed by atoms with Crippen LogP contribution in [0.5, 0.6) is 0 Å². The molecule has 0 saturated carbocycles. The van der Waals surface area contributed by atoms with Gasteiger partial charge in [0.25, 0.3) is 0 Å². The number of anilines is 1. The van der Waals surface area contributed by atoms with Gasteiger partial charge >= 0.3 is 0 Å². The highest BCUT2D eigenvalue weighted by molar-refractivity contribution is 7.98. The van der Waals surface area contributed by atoms with E-state index < -0.39 is 0 Å². The van der Waals surface area contributed by atoms with Gasteiger partial charge in [0.2, 0.25) is 0 Å². The normalized spacial score (nSPS) is 12.1. The van der Waals surface area contributed by atoms with Gasteiger partial charge in [-0.3, -0.25) is 0 Å². The summed E-state index contributed by atoms with van der Waals surface area (Å²) in [5.74, 6) is 0. The van der Waals surface area contributed by atoms with Gasteiger partial charge in [0.1, 0.15) is 10.00 Å². The van der Waals surface area contributed by atoms with Crippen LogP contribution in [0.1, 0.15) is 23.5 Å². The third kappa shape index (κ3) is 3.26. The Morgan fingerprint density at radius 1 is 1.53 bits per heavy atom. The van der Waals surface area contributed by atoms with Crippen LogP contribution >= 0.6 is 35.3 Å². The molecular weight excluding hydrogens is 294 g/mol. The lowest BCUT2D eigenvalue weighted by Gasteiger charge is -2.17. The van der Waals surface area contributed by atoms with E-state index in [1.54, 1.807) is 23.1 Å². The zero-order chi connectivity index (χ0) is 13.8. The molecule has 2 rings (SSSR count). The highest BCUT2D eigenvalue weighted by atomic mass is 32.2. The van der Waals surface area contributed by atoms with Gasteiger partial charge in [-0.1, -0.05) is 18.3 Å². The molecule has 1 aromatic carbocycles. The summed E-state index contributed by atoms with van der Waals surface area (Å²) in [6.45, 7) is 2.08. The first kappa shape index (κ1) is 14.3. The van der Waals surface area contributed by atoms with Crippen LogP contribution in [0.25, 0.3) is 0 Å². The predicted molar refractivity (Wildman–Crippen MR) is 88.3 cm³/mol. The SMILES string of the molecule is CSc1cccc(NC(C)c2nccs2)c1C(N)=S. The van der Waals surface area contributed by atoms with Crippen LogP contribution < -0.4 is 11.1 Å². The number of thioether (sulfide) groups is 1. The number of hydrogen-bond acceptors (Lipinski definition) is 5. The monoisotopic (exact) mass is 309 g/mol. The Balaban J connectivity index is 2.32. The van der Waals surface area contributed by atoms with Crippen molar-refractivity contribution in [2.45, 2.75) is 17.9 Å². The molecule has 19 heavy (non-hydrogen) atoms. The molecule has 0 amide bonds. The molecule has 0 aliphatic rings. The number of thiocarbonyl (C=S) groups is 1. The van der Waals surface area contributed by atoms with Crippen molar-refractivity contribution >= 4 is 46.0 Å². The highest BCUT2D eigenvalue weighted by Crippen LogP contribution is 2.30. The van der Waals surface area contributed by atoms with Crippen LogP contribution in [-0.4, -0.2) is 16.2 Å². The van der Waals surface area contributed by atoms with E-state index in [1.165, 1.54) is 0 Å². The summed E-state index contributed by atoms with van der Waals surface area (Å²) in [6.07, 6.45) is 3.83. The summed E-state index contributed by atoms with van der Waals surface area (Å²) in [7, 11) is 0. The number of benzene rings is 1. The lowest BCUT2D eigenvalue weighted by molar-refractivity contribution is 0.868. The molecule has 0 saturated heterocycles. The lowest BCUT2D eigenvalue weighted by Crippen LogP contribution is -2.16. The first-order valence-electron chi connectivity index (χ1n) is 5.76. The van der Waals surface area contributed by atoms with Gasteiger partial charge < -0.3 is 11.1 Å². The third-order valence-electron chi connectivity index (χ3n) is 2.69. The van der Waals surface area contributed by atoms with E-state index >= 15 is 0 Å². The van der Waals surface area contributed by atoms with E-state index in [9.17, 15) is 0 Å². The maximum absolute atomic E-state index is 5.85. The summed E-state index contributed by atoms with van der Waals surface area (Å²) in [6, 6.07) is 6.16. The average Bonchev–Trinajstić information content (AvgIpc) is 2.92. The first-order chi connectivity index (χ1) is 9.13. The van der Waals surface area contributed by atoms with Crippen molar-refractivity contribution in [3.8, 4) is 0 Å². The standard InChI is InChI=1S/C13H15N3S3/c1-8(13-15-6-7-19-13)16-9-4-3-5-10(18-2)11(9)12(14)17/h3-8,16H,1-2H3,(H2,14,17). The number of aromatic nitrogens is 1. The number of nitrogens with one attached hydrogen (secondary N) is 1. The molecule has 0 aliphatic carbocycles. The Morgan fingerprint density at radius 3 is 2.89 bits per heavy atom. The summed E-state index contributed by atoms with van der Waals surface area (Å²) in [5, 5.41) is 6.45. The maximum Gasteiger partial charge on any atom is 0.115 e. The Kier molecular flexibility index (Phi) is 4.79.